The highest BCUT2D eigenvalue weighted by Crippen LogP contribution is 2.36. The Hall–Kier alpha value is -3.51. The zero-order valence-electron chi connectivity index (χ0n) is 23.8. The number of carbonyl (C=O) groups excluding carboxylic acids is 2. The van der Waals surface area contributed by atoms with E-state index in [1.165, 1.54) is 29.7 Å². The number of amides is 2. The first kappa shape index (κ1) is 28.0. The number of nitrogens with zero attached hydrogens (tertiary/aromatic N) is 2. The Labute approximate surface area is 237 Å². The lowest BCUT2D eigenvalue weighted by Gasteiger charge is -2.44. The number of rotatable bonds is 7. The van der Waals surface area contributed by atoms with Crippen LogP contribution < -0.4 is 5.32 Å². The fourth-order valence-electron chi connectivity index (χ4n) is 6.45. The van der Waals surface area contributed by atoms with Crippen molar-refractivity contribution in [3.05, 3.63) is 106 Å². The quantitative estimate of drug-likeness (QED) is 0.387. The molecule has 3 aromatic carbocycles. The standard InChI is InChI=1S/C34H40FN3O2/c1-24(2)26-11-13-28(14-12-26)33(40)38-20-15-27-7-4-5-10-31(27)32(38)16-19-37-21-17-34(18-22-37,36-25(3)39)29-8-6-9-30(35)23-29/h4-14,23-24,32H,15-22H2,1-3H3,(H,36,39). The van der Waals surface area contributed by atoms with Gasteiger partial charge in [0.05, 0.1) is 11.6 Å². The molecule has 40 heavy (non-hydrogen) atoms. The van der Waals surface area contributed by atoms with Gasteiger partial charge in [0.2, 0.25) is 5.91 Å². The van der Waals surface area contributed by atoms with Crippen LogP contribution in [0.2, 0.25) is 0 Å². The Kier molecular flexibility index (Phi) is 8.36. The number of piperidine rings is 1. The summed E-state index contributed by atoms with van der Waals surface area (Å²) in [4.78, 5) is 30.4. The van der Waals surface area contributed by atoms with Crippen LogP contribution in [0, 0.1) is 5.82 Å². The van der Waals surface area contributed by atoms with Crippen LogP contribution in [0.25, 0.3) is 0 Å². The third kappa shape index (κ3) is 5.97. The van der Waals surface area contributed by atoms with Gasteiger partial charge < -0.3 is 15.1 Å². The number of halogens is 1. The van der Waals surface area contributed by atoms with Gasteiger partial charge in [0.25, 0.3) is 5.91 Å². The van der Waals surface area contributed by atoms with Crippen molar-refractivity contribution in [2.24, 2.45) is 0 Å². The van der Waals surface area contributed by atoms with Crippen molar-refractivity contribution in [3.63, 3.8) is 0 Å². The van der Waals surface area contributed by atoms with E-state index in [9.17, 15) is 14.0 Å². The van der Waals surface area contributed by atoms with Gasteiger partial charge in [-0.2, -0.15) is 0 Å². The lowest BCUT2D eigenvalue weighted by Crippen LogP contribution is -2.53. The van der Waals surface area contributed by atoms with Gasteiger partial charge in [-0.1, -0.05) is 62.4 Å². The van der Waals surface area contributed by atoms with Gasteiger partial charge in [0.1, 0.15) is 5.82 Å². The van der Waals surface area contributed by atoms with Crippen LogP contribution in [0.3, 0.4) is 0 Å². The fourth-order valence-corrected chi connectivity index (χ4v) is 6.45. The summed E-state index contributed by atoms with van der Waals surface area (Å²) in [6.45, 7) is 8.97. The summed E-state index contributed by atoms with van der Waals surface area (Å²) in [5.41, 5.74) is 4.79. The third-order valence-corrected chi connectivity index (χ3v) is 8.72. The second kappa shape index (κ2) is 11.9. The SMILES string of the molecule is CC(=O)NC1(c2cccc(F)c2)CCN(CCC2c3ccccc3CCN2C(=O)c2ccc(C(C)C)cc2)CC1. The molecule has 0 spiro atoms. The minimum Gasteiger partial charge on any atom is -0.347 e. The molecule has 2 aliphatic heterocycles. The maximum atomic E-state index is 14.1. The van der Waals surface area contributed by atoms with E-state index in [-0.39, 0.29) is 23.7 Å². The lowest BCUT2D eigenvalue weighted by molar-refractivity contribution is -0.121. The van der Waals surface area contributed by atoms with Crippen molar-refractivity contribution in [3.8, 4) is 0 Å². The zero-order chi connectivity index (χ0) is 28.3. The van der Waals surface area contributed by atoms with E-state index in [1.807, 2.05) is 18.2 Å². The fraction of sp³-hybridized carbons (Fsp3) is 0.412. The molecule has 0 saturated carbocycles. The van der Waals surface area contributed by atoms with Crippen molar-refractivity contribution >= 4 is 11.8 Å². The van der Waals surface area contributed by atoms with Crippen molar-refractivity contribution in [1.82, 2.24) is 15.1 Å². The first-order valence-electron chi connectivity index (χ1n) is 14.5. The van der Waals surface area contributed by atoms with E-state index in [2.05, 4.69) is 65.4 Å². The van der Waals surface area contributed by atoms with Crippen molar-refractivity contribution < 1.29 is 14.0 Å². The number of fused-ring (bicyclic) bond motifs is 1. The number of nitrogens with one attached hydrogen (secondary N) is 1. The molecule has 2 amide bonds. The Morgan fingerprint density at radius 3 is 2.38 bits per heavy atom. The molecule has 5 nitrogen and oxygen atoms in total. The van der Waals surface area contributed by atoms with E-state index < -0.39 is 5.54 Å². The molecule has 1 saturated heterocycles. The maximum Gasteiger partial charge on any atom is 0.254 e. The third-order valence-electron chi connectivity index (χ3n) is 8.72. The van der Waals surface area contributed by atoms with E-state index in [1.54, 1.807) is 12.1 Å². The van der Waals surface area contributed by atoms with Crippen molar-refractivity contribution in [2.75, 3.05) is 26.2 Å². The second-order valence-electron chi connectivity index (χ2n) is 11.6. The number of hydrogen-bond donors (Lipinski definition) is 1. The van der Waals surface area contributed by atoms with Gasteiger partial charge in [-0.25, -0.2) is 4.39 Å². The molecule has 1 atom stereocenters. The Morgan fingerprint density at radius 2 is 1.70 bits per heavy atom. The maximum absolute atomic E-state index is 14.1. The van der Waals surface area contributed by atoms with Gasteiger partial charge in [0.15, 0.2) is 0 Å². The minimum atomic E-state index is -0.563. The number of likely N-dealkylation sites (tertiary alicyclic amines) is 1. The molecular weight excluding hydrogens is 501 g/mol. The Morgan fingerprint density at radius 1 is 0.975 bits per heavy atom. The molecule has 0 radical (unpaired) electrons. The summed E-state index contributed by atoms with van der Waals surface area (Å²) in [6.07, 6.45) is 3.11. The number of hydrogen-bond acceptors (Lipinski definition) is 3. The monoisotopic (exact) mass is 541 g/mol. The average molecular weight is 542 g/mol. The van der Waals surface area contributed by atoms with Gasteiger partial charge in [-0.05, 0) is 78.1 Å². The van der Waals surface area contributed by atoms with Gasteiger partial charge >= 0.3 is 0 Å². The molecule has 1 N–H and O–H groups in total. The smallest absolute Gasteiger partial charge is 0.254 e. The van der Waals surface area contributed by atoms with Crippen LogP contribution in [0.4, 0.5) is 4.39 Å². The lowest BCUT2D eigenvalue weighted by atomic mass is 9.80. The van der Waals surface area contributed by atoms with E-state index >= 15 is 0 Å². The van der Waals surface area contributed by atoms with Crippen LogP contribution in [-0.2, 0) is 16.8 Å². The van der Waals surface area contributed by atoms with Crippen LogP contribution in [-0.4, -0.2) is 47.8 Å². The van der Waals surface area contributed by atoms with Gasteiger partial charge in [-0.15, -0.1) is 0 Å². The molecular formula is C34H40FN3O2. The molecule has 5 rings (SSSR count). The predicted octanol–water partition coefficient (Wildman–Crippen LogP) is 6.21. The average Bonchev–Trinajstić information content (AvgIpc) is 2.96. The highest BCUT2D eigenvalue weighted by Gasteiger charge is 2.38. The van der Waals surface area contributed by atoms with Crippen LogP contribution in [0.15, 0.2) is 72.8 Å². The molecule has 0 aromatic heterocycles. The molecule has 0 aliphatic carbocycles. The highest BCUT2D eigenvalue weighted by atomic mass is 19.1. The topological polar surface area (TPSA) is 52.7 Å². The first-order valence-corrected chi connectivity index (χ1v) is 14.5. The summed E-state index contributed by atoms with van der Waals surface area (Å²) in [5, 5.41) is 3.14. The van der Waals surface area contributed by atoms with E-state index in [0.717, 1.165) is 43.6 Å². The summed E-state index contributed by atoms with van der Waals surface area (Å²) in [7, 11) is 0. The Bertz CT molecular complexity index is 1350. The molecule has 1 fully saturated rings. The van der Waals surface area contributed by atoms with Gasteiger partial charge in [0, 0.05) is 38.7 Å². The molecule has 2 heterocycles. The normalized spacial score (nSPS) is 18.8. The summed E-state index contributed by atoms with van der Waals surface area (Å²) in [5.74, 6) is 0.120. The molecule has 0 bridgehead atoms. The summed E-state index contributed by atoms with van der Waals surface area (Å²) < 4.78 is 14.1. The van der Waals surface area contributed by atoms with Crippen LogP contribution in [0.1, 0.15) is 84.6 Å². The predicted molar refractivity (Wildman–Crippen MR) is 157 cm³/mol. The van der Waals surface area contributed by atoms with Crippen LogP contribution >= 0.6 is 0 Å². The molecule has 1 unspecified atom stereocenters. The first-order chi connectivity index (χ1) is 19.3. The summed E-state index contributed by atoms with van der Waals surface area (Å²) >= 11 is 0. The second-order valence-corrected chi connectivity index (χ2v) is 11.6. The number of benzene rings is 3. The van der Waals surface area contributed by atoms with Crippen molar-refractivity contribution in [1.29, 1.82) is 0 Å². The Balaban J connectivity index is 1.31. The van der Waals surface area contributed by atoms with E-state index in [4.69, 9.17) is 0 Å². The highest BCUT2D eigenvalue weighted by molar-refractivity contribution is 5.94. The summed E-state index contributed by atoms with van der Waals surface area (Å²) in [6, 6.07) is 23.2. The molecule has 3 aromatic rings. The van der Waals surface area contributed by atoms with E-state index in [0.29, 0.717) is 25.3 Å². The van der Waals surface area contributed by atoms with Crippen molar-refractivity contribution in [2.45, 2.75) is 64.0 Å². The van der Waals surface area contributed by atoms with Crippen LogP contribution in [0.5, 0.6) is 0 Å². The minimum absolute atomic E-state index is 0.00692. The number of carbonyl (C=O) groups is 2. The molecule has 2 aliphatic rings. The zero-order valence-corrected chi connectivity index (χ0v) is 23.8. The molecule has 210 valence electrons. The molecule has 6 heteroatoms. The largest absolute Gasteiger partial charge is 0.347 e. The van der Waals surface area contributed by atoms with Gasteiger partial charge in [-0.3, -0.25) is 9.59 Å².